The molecule has 33 heavy (non-hydrogen) atoms. The average Bonchev–Trinajstić information content (AvgIpc) is 3.26. The van der Waals surface area contributed by atoms with Crippen LogP contribution in [0.25, 0.3) is 11.1 Å². The van der Waals surface area contributed by atoms with Gasteiger partial charge in [0.2, 0.25) is 0 Å². The Kier molecular flexibility index (Phi) is 6.42. The molecule has 0 saturated heterocycles. The summed E-state index contributed by atoms with van der Waals surface area (Å²) in [7, 11) is 0. The number of hydrogen-bond donors (Lipinski definition) is 3. The summed E-state index contributed by atoms with van der Waals surface area (Å²) in [5.41, 5.74) is 2.00. The Hall–Kier alpha value is -3.33. The molecule has 0 saturated carbocycles. The fourth-order valence-corrected chi connectivity index (χ4v) is 4.21. The molecule has 0 radical (unpaired) electrons. The number of nitrogens with zero attached hydrogens (tertiary/aromatic N) is 1. The molecular formula is C23H18Cl2N2O6. The topological polar surface area (TPSA) is 118 Å². The molecule has 2 aromatic carbocycles. The molecular weight excluding hydrogens is 471 g/mol. The predicted octanol–water partition coefficient (Wildman–Crippen LogP) is 3.42. The van der Waals surface area contributed by atoms with Gasteiger partial charge in [-0.25, -0.2) is 0 Å². The first-order valence-corrected chi connectivity index (χ1v) is 10.6. The first-order valence-electron chi connectivity index (χ1n) is 9.86. The number of rotatable bonds is 6. The van der Waals surface area contributed by atoms with E-state index in [4.69, 9.17) is 33.0 Å². The second kappa shape index (κ2) is 9.27. The number of aromatic hydroxyl groups is 1. The van der Waals surface area contributed by atoms with Crippen molar-refractivity contribution in [3.8, 4) is 16.9 Å². The number of carbonyl (C=O) groups excluding carboxylic acids is 1. The molecule has 3 aromatic rings. The lowest BCUT2D eigenvalue weighted by Crippen LogP contribution is -2.37. The number of benzene rings is 2. The minimum Gasteiger partial charge on any atom is -0.506 e. The van der Waals surface area contributed by atoms with Gasteiger partial charge in [0, 0.05) is 21.2 Å². The van der Waals surface area contributed by atoms with Crippen LogP contribution >= 0.6 is 23.2 Å². The van der Waals surface area contributed by atoms with E-state index in [1.807, 2.05) is 30.3 Å². The molecule has 0 atom stereocenters. The lowest BCUT2D eigenvalue weighted by molar-refractivity contribution is -0.135. The lowest BCUT2D eigenvalue weighted by atomic mass is 10.0. The van der Waals surface area contributed by atoms with Crippen molar-refractivity contribution in [2.45, 2.75) is 19.8 Å². The third kappa shape index (κ3) is 4.59. The largest absolute Gasteiger partial charge is 0.506 e. The molecule has 10 heteroatoms. The standard InChI is InChI=1S/C23H18Cl2N2O6/c24-14-5-6-15(17(25)7-14)13-3-1-12(2-4-13)9-27-18-11-33-10-16(18)21(30)20(23(27)32)22(31)26-8-19(28)29/h1-7,30H,8-11H2,(H,26,31)(H,28,29). The number of aliphatic carboxylic acids is 1. The highest BCUT2D eigenvalue weighted by Gasteiger charge is 2.29. The monoisotopic (exact) mass is 488 g/mol. The molecule has 1 aliphatic heterocycles. The Morgan fingerprint density at radius 2 is 1.82 bits per heavy atom. The van der Waals surface area contributed by atoms with Crippen molar-refractivity contribution in [3.63, 3.8) is 0 Å². The molecule has 1 aliphatic rings. The predicted molar refractivity (Wildman–Crippen MR) is 122 cm³/mol. The number of amides is 1. The number of carboxylic acid groups (broad SMARTS) is 1. The van der Waals surface area contributed by atoms with Crippen LogP contribution in [0.2, 0.25) is 10.0 Å². The number of fused-ring (bicyclic) bond motifs is 1. The van der Waals surface area contributed by atoms with E-state index in [1.54, 1.807) is 12.1 Å². The second-order valence-corrected chi connectivity index (χ2v) is 8.27. The Bertz CT molecular complexity index is 1320. The van der Waals surface area contributed by atoms with Crippen LogP contribution in [0.4, 0.5) is 0 Å². The summed E-state index contributed by atoms with van der Waals surface area (Å²) in [6.07, 6.45) is 0. The molecule has 0 aliphatic carbocycles. The minimum absolute atomic E-state index is 0.0364. The Morgan fingerprint density at radius 1 is 1.09 bits per heavy atom. The smallest absolute Gasteiger partial charge is 0.322 e. The molecule has 3 N–H and O–H groups in total. The van der Waals surface area contributed by atoms with Crippen LogP contribution in [0.15, 0.2) is 47.3 Å². The molecule has 4 rings (SSSR count). The molecule has 8 nitrogen and oxygen atoms in total. The zero-order valence-corrected chi connectivity index (χ0v) is 18.6. The van der Waals surface area contributed by atoms with Gasteiger partial charge in [-0.3, -0.25) is 14.4 Å². The van der Waals surface area contributed by atoms with Crippen molar-refractivity contribution >= 4 is 35.1 Å². The SMILES string of the molecule is O=C(O)CNC(=O)c1c(O)c2c(n(Cc3ccc(-c4ccc(Cl)cc4Cl)cc3)c1=O)COC2. The number of ether oxygens (including phenoxy) is 1. The van der Waals surface area contributed by atoms with Gasteiger partial charge in [0.1, 0.15) is 17.9 Å². The lowest BCUT2D eigenvalue weighted by Gasteiger charge is -2.16. The Labute approximate surface area is 198 Å². The summed E-state index contributed by atoms with van der Waals surface area (Å²) in [6, 6.07) is 12.6. The van der Waals surface area contributed by atoms with Crippen molar-refractivity contribution in [2.24, 2.45) is 0 Å². The van der Waals surface area contributed by atoms with Gasteiger partial charge in [-0.2, -0.15) is 0 Å². The molecule has 1 aromatic heterocycles. The van der Waals surface area contributed by atoms with E-state index in [0.29, 0.717) is 21.3 Å². The minimum atomic E-state index is -1.27. The summed E-state index contributed by atoms with van der Waals surface area (Å²) in [5.74, 6) is -2.72. The van der Waals surface area contributed by atoms with E-state index in [1.165, 1.54) is 4.57 Å². The Morgan fingerprint density at radius 3 is 2.48 bits per heavy atom. The van der Waals surface area contributed by atoms with Gasteiger partial charge in [0.05, 0.1) is 25.5 Å². The third-order valence-corrected chi connectivity index (χ3v) is 5.85. The van der Waals surface area contributed by atoms with Gasteiger partial charge in [-0.15, -0.1) is 0 Å². The van der Waals surface area contributed by atoms with E-state index in [2.05, 4.69) is 5.32 Å². The number of carboxylic acids is 1. The van der Waals surface area contributed by atoms with Crippen LogP contribution in [-0.4, -0.2) is 33.2 Å². The summed E-state index contributed by atoms with van der Waals surface area (Å²) in [6.45, 7) is -0.416. The highest BCUT2D eigenvalue weighted by Crippen LogP contribution is 2.32. The van der Waals surface area contributed by atoms with Gasteiger partial charge in [0.25, 0.3) is 11.5 Å². The average molecular weight is 489 g/mol. The highest BCUT2D eigenvalue weighted by molar-refractivity contribution is 6.36. The first kappa shape index (κ1) is 22.8. The third-order valence-electron chi connectivity index (χ3n) is 5.31. The quantitative estimate of drug-likeness (QED) is 0.489. The van der Waals surface area contributed by atoms with Crippen molar-refractivity contribution in [3.05, 3.63) is 85.2 Å². The van der Waals surface area contributed by atoms with Crippen molar-refractivity contribution in [2.75, 3.05) is 6.54 Å². The van der Waals surface area contributed by atoms with Crippen LogP contribution in [0.5, 0.6) is 5.75 Å². The van der Waals surface area contributed by atoms with Crippen LogP contribution in [-0.2, 0) is 29.3 Å². The molecule has 0 spiro atoms. The Balaban J connectivity index is 1.69. The summed E-state index contributed by atoms with van der Waals surface area (Å²) in [5, 5.41) is 22.5. The molecule has 1 amide bonds. The number of hydrogen-bond acceptors (Lipinski definition) is 5. The summed E-state index contributed by atoms with van der Waals surface area (Å²) >= 11 is 12.2. The van der Waals surface area contributed by atoms with Crippen LogP contribution in [0.1, 0.15) is 27.2 Å². The van der Waals surface area contributed by atoms with Crippen molar-refractivity contribution < 1.29 is 24.5 Å². The van der Waals surface area contributed by atoms with Gasteiger partial charge in [-0.1, -0.05) is 53.5 Å². The van der Waals surface area contributed by atoms with Crippen molar-refractivity contribution in [1.82, 2.24) is 9.88 Å². The normalized spacial score (nSPS) is 12.4. The maximum atomic E-state index is 13.1. The molecule has 0 fully saturated rings. The summed E-state index contributed by atoms with van der Waals surface area (Å²) in [4.78, 5) is 36.3. The van der Waals surface area contributed by atoms with Gasteiger partial charge >= 0.3 is 5.97 Å². The van der Waals surface area contributed by atoms with Crippen LogP contribution < -0.4 is 10.9 Å². The van der Waals surface area contributed by atoms with E-state index in [9.17, 15) is 19.5 Å². The fraction of sp³-hybridized carbons (Fsp3) is 0.174. The zero-order chi connectivity index (χ0) is 23.7. The van der Waals surface area contributed by atoms with Gasteiger partial charge in [-0.05, 0) is 23.3 Å². The number of carbonyl (C=O) groups is 2. The van der Waals surface area contributed by atoms with Crippen molar-refractivity contribution in [1.29, 1.82) is 0 Å². The second-order valence-electron chi connectivity index (χ2n) is 7.43. The molecule has 0 bridgehead atoms. The maximum Gasteiger partial charge on any atom is 0.322 e. The molecule has 2 heterocycles. The fourth-order valence-electron chi connectivity index (χ4n) is 3.69. The summed E-state index contributed by atoms with van der Waals surface area (Å²) < 4.78 is 6.75. The number of nitrogens with one attached hydrogen (secondary N) is 1. The van der Waals surface area contributed by atoms with Crippen LogP contribution in [0, 0.1) is 0 Å². The van der Waals surface area contributed by atoms with E-state index in [-0.39, 0.29) is 19.8 Å². The number of aromatic nitrogens is 1. The maximum absolute atomic E-state index is 13.1. The van der Waals surface area contributed by atoms with Gasteiger partial charge < -0.3 is 24.8 Å². The number of halogens is 2. The zero-order valence-electron chi connectivity index (χ0n) is 17.1. The van der Waals surface area contributed by atoms with E-state index >= 15 is 0 Å². The van der Waals surface area contributed by atoms with E-state index in [0.717, 1.165) is 16.7 Å². The first-order chi connectivity index (χ1) is 15.8. The van der Waals surface area contributed by atoms with E-state index < -0.39 is 35.3 Å². The number of pyridine rings is 1. The highest BCUT2D eigenvalue weighted by atomic mass is 35.5. The van der Waals surface area contributed by atoms with Crippen LogP contribution in [0.3, 0.4) is 0 Å². The van der Waals surface area contributed by atoms with Gasteiger partial charge in [0.15, 0.2) is 0 Å². The molecule has 0 unspecified atom stereocenters. The molecule has 170 valence electrons.